The Labute approximate surface area is 118 Å². The van der Waals surface area contributed by atoms with Crippen LogP contribution in [0.1, 0.15) is 47.7 Å². The molecule has 4 nitrogen and oxygen atoms in total. The van der Waals surface area contributed by atoms with Crippen LogP contribution in [-0.2, 0) is 13.0 Å². The van der Waals surface area contributed by atoms with Gasteiger partial charge in [-0.3, -0.25) is 4.79 Å². The second-order valence-electron chi connectivity index (χ2n) is 5.30. The molecule has 3 rings (SSSR count). The first-order valence-electron chi connectivity index (χ1n) is 7.16. The van der Waals surface area contributed by atoms with Gasteiger partial charge in [0, 0.05) is 19.2 Å². The Kier molecular flexibility index (Phi) is 3.54. The molecule has 0 saturated carbocycles. The average Bonchev–Trinajstić information content (AvgIpc) is 2.92. The van der Waals surface area contributed by atoms with Gasteiger partial charge in [-0.15, -0.1) is 0 Å². The normalized spacial score (nSPS) is 15.4. The predicted molar refractivity (Wildman–Crippen MR) is 77.5 cm³/mol. The fourth-order valence-electron chi connectivity index (χ4n) is 2.62. The van der Waals surface area contributed by atoms with Gasteiger partial charge in [-0.25, -0.2) is 4.98 Å². The summed E-state index contributed by atoms with van der Waals surface area (Å²) in [6, 6.07) is 9.96. The first kappa shape index (κ1) is 12.9. The van der Waals surface area contributed by atoms with E-state index in [0.717, 1.165) is 24.4 Å². The molecule has 1 aliphatic heterocycles. The first-order valence-corrected chi connectivity index (χ1v) is 7.16. The standard InChI is InChI=1S/C16H19N3O/c1-12(13-7-3-2-4-8-13)17-16(20)14-11-19-10-6-5-9-15(19)18-14/h2-4,7-8,11-12H,5-6,9-10H2,1H3,(H,17,20)/t12-/m1/s1. The number of imidazole rings is 1. The van der Waals surface area contributed by atoms with E-state index in [9.17, 15) is 4.79 Å². The van der Waals surface area contributed by atoms with E-state index in [1.54, 1.807) is 0 Å². The zero-order chi connectivity index (χ0) is 13.9. The molecule has 1 amide bonds. The highest BCUT2D eigenvalue weighted by Gasteiger charge is 2.18. The number of amides is 1. The second-order valence-corrected chi connectivity index (χ2v) is 5.30. The molecule has 104 valence electrons. The van der Waals surface area contributed by atoms with Gasteiger partial charge >= 0.3 is 0 Å². The number of fused-ring (bicyclic) bond motifs is 1. The van der Waals surface area contributed by atoms with Crippen molar-refractivity contribution < 1.29 is 4.79 Å². The average molecular weight is 269 g/mol. The third-order valence-electron chi connectivity index (χ3n) is 3.79. The highest BCUT2D eigenvalue weighted by molar-refractivity contribution is 5.92. The largest absolute Gasteiger partial charge is 0.344 e. The van der Waals surface area contributed by atoms with Crippen molar-refractivity contribution in [3.8, 4) is 0 Å². The monoisotopic (exact) mass is 269 g/mol. The Morgan fingerprint density at radius 2 is 2.10 bits per heavy atom. The van der Waals surface area contributed by atoms with Gasteiger partial charge in [0.05, 0.1) is 6.04 Å². The van der Waals surface area contributed by atoms with E-state index >= 15 is 0 Å². The van der Waals surface area contributed by atoms with Crippen molar-refractivity contribution in [1.29, 1.82) is 0 Å². The summed E-state index contributed by atoms with van der Waals surface area (Å²) in [6.07, 6.45) is 5.19. The molecule has 1 atom stereocenters. The Hall–Kier alpha value is -2.10. The van der Waals surface area contributed by atoms with Crippen LogP contribution in [-0.4, -0.2) is 15.5 Å². The van der Waals surface area contributed by atoms with Crippen LogP contribution < -0.4 is 5.32 Å². The van der Waals surface area contributed by atoms with Crippen LogP contribution in [0, 0.1) is 0 Å². The van der Waals surface area contributed by atoms with E-state index in [4.69, 9.17) is 0 Å². The number of nitrogens with one attached hydrogen (secondary N) is 1. The van der Waals surface area contributed by atoms with Crippen molar-refractivity contribution in [3.63, 3.8) is 0 Å². The highest BCUT2D eigenvalue weighted by Crippen LogP contribution is 2.16. The number of aryl methyl sites for hydroxylation is 2. The molecule has 2 aromatic rings. The molecule has 0 saturated heterocycles. The van der Waals surface area contributed by atoms with Gasteiger partial charge in [0.1, 0.15) is 11.5 Å². The van der Waals surface area contributed by atoms with Crippen molar-refractivity contribution in [3.05, 3.63) is 53.6 Å². The van der Waals surface area contributed by atoms with Crippen molar-refractivity contribution in [2.75, 3.05) is 0 Å². The van der Waals surface area contributed by atoms with E-state index in [-0.39, 0.29) is 11.9 Å². The molecule has 1 aromatic heterocycles. The third-order valence-corrected chi connectivity index (χ3v) is 3.79. The Bertz CT molecular complexity index is 580. The lowest BCUT2D eigenvalue weighted by atomic mass is 10.1. The van der Waals surface area contributed by atoms with Gasteiger partial charge < -0.3 is 9.88 Å². The molecule has 20 heavy (non-hydrogen) atoms. The van der Waals surface area contributed by atoms with E-state index in [1.165, 1.54) is 12.8 Å². The number of benzene rings is 1. The van der Waals surface area contributed by atoms with Gasteiger partial charge in [0.25, 0.3) is 5.91 Å². The predicted octanol–water partition coefficient (Wildman–Crippen LogP) is 2.71. The molecule has 0 bridgehead atoms. The number of rotatable bonds is 3. The minimum atomic E-state index is -0.0942. The fourth-order valence-corrected chi connectivity index (χ4v) is 2.62. The number of hydrogen-bond donors (Lipinski definition) is 1. The summed E-state index contributed by atoms with van der Waals surface area (Å²) in [5.41, 5.74) is 1.63. The maximum atomic E-state index is 12.3. The topological polar surface area (TPSA) is 46.9 Å². The van der Waals surface area contributed by atoms with Crippen molar-refractivity contribution in [1.82, 2.24) is 14.9 Å². The third kappa shape index (κ3) is 2.59. The molecule has 0 aliphatic carbocycles. The molecule has 1 aliphatic rings. The van der Waals surface area contributed by atoms with Crippen molar-refractivity contribution in [2.45, 2.75) is 38.8 Å². The zero-order valence-corrected chi connectivity index (χ0v) is 11.7. The maximum Gasteiger partial charge on any atom is 0.271 e. The number of aromatic nitrogens is 2. The van der Waals surface area contributed by atoms with Crippen molar-refractivity contribution >= 4 is 5.91 Å². The summed E-state index contributed by atoms with van der Waals surface area (Å²) in [7, 11) is 0. The van der Waals surface area contributed by atoms with Gasteiger partial charge in [-0.2, -0.15) is 0 Å². The summed E-state index contributed by atoms with van der Waals surface area (Å²) in [5.74, 6) is 0.942. The quantitative estimate of drug-likeness (QED) is 0.931. The first-order chi connectivity index (χ1) is 9.74. The van der Waals surface area contributed by atoms with Gasteiger partial charge in [-0.05, 0) is 25.3 Å². The smallest absolute Gasteiger partial charge is 0.271 e. The molecular formula is C16H19N3O. The van der Waals surface area contributed by atoms with E-state index < -0.39 is 0 Å². The summed E-state index contributed by atoms with van der Waals surface area (Å²) < 4.78 is 2.10. The minimum Gasteiger partial charge on any atom is -0.344 e. The molecular weight excluding hydrogens is 250 g/mol. The number of nitrogens with zero attached hydrogens (tertiary/aromatic N) is 2. The number of carbonyl (C=O) groups is 1. The summed E-state index contributed by atoms with van der Waals surface area (Å²) in [4.78, 5) is 16.7. The summed E-state index contributed by atoms with van der Waals surface area (Å²) >= 11 is 0. The van der Waals surface area contributed by atoms with Crippen LogP contribution in [0.15, 0.2) is 36.5 Å². The second kappa shape index (κ2) is 5.49. The van der Waals surface area contributed by atoms with E-state index in [2.05, 4.69) is 14.9 Å². The summed E-state index contributed by atoms with van der Waals surface area (Å²) in [6.45, 7) is 2.97. The molecule has 0 radical (unpaired) electrons. The lowest BCUT2D eigenvalue weighted by molar-refractivity contribution is 0.0935. The van der Waals surface area contributed by atoms with Crippen LogP contribution in [0.3, 0.4) is 0 Å². The summed E-state index contributed by atoms with van der Waals surface area (Å²) in [5, 5.41) is 3.01. The molecule has 1 N–H and O–H groups in total. The van der Waals surface area contributed by atoms with Gasteiger partial charge in [-0.1, -0.05) is 30.3 Å². The van der Waals surface area contributed by atoms with Gasteiger partial charge in [0.2, 0.25) is 0 Å². The van der Waals surface area contributed by atoms with Crippen LogP contribution in [0.2, 0.25) is 0 Å². The molecule has 2 heterocycles. The molecule has 0 spiro atoms. The van der Waals surface area contributed by atoms with Crippen LogP contribution in [0.4, 0.5) is 0 Å². The van der Waals surface area contributed by atoms with Crippen LogP contribution in [0.5, 0.6) is 0 Å². The zero-order valence-electron chi connectivity index (χ0n) is 11.7. The van der Waals surface area contributed by atoms with Crippen LogP contribution in [0.25, 0.3) is 0 Å². The van der Waals surface area contributed by atoms with Crippen molar-refractivity contribution in [2.24, 2.45) is 0 Å². The number of hydrogen-bond acceptors (Lipinski definition) is 2. The Balaban J connectivity index is 1.71. The lowest BCUT2D eigenvalue weighted by Crippen LogP contribution is -2.26. The highest BCUT2D eigenvalue weighted by atomic mass is 16.2. The number of carbonyl (C=O) groups excluding carboxylic acids is 1. The molecule has 0 unspecified atom stereocenters. The lowest BCUT2D eigenvalue weighted by Gasteiger charge is -2.13. The minimum absolute atomic E-state index is 0.0116. The SMILES string of the molecule is C[C@@H](NC(=O)c1cn2c(n1)CCCC2)c1ccccc1. The molecule has 0 fully saturated rings. The van der Waals surface area contributed by atoms with E-state index in [1.807, 2.05) is 43.5 Å². The van der Waals surface area contributed by atoms with E-state index in [0.29, 0.717) is 5.69 Å². The molecule has 4 heteroatoms. The van der Waals surface area contributed by atoms with Gasteiger partial charge in [0.15, 0.2) is 0 Å². The fraction of sp³-hybridized carbons (Fsp3) is 0.375. The Morgan fingerprint density at radius 3 is 2.85 bits per heavy atom. The molecule has 1 aromatic carbocycles. The maximum absolute atomic E-state index is 12.3. The Morgan fingerprint density at radius 1 is 1.30 bits per heavy atom. The van der Waals surface area contributed by atoms with Crippen LogP contribution >= 0.6 is 0 Å².